The number of aryl methyl sites for hydroxylation is 1. The van der Waals surface area contributed by atoms with Gasteiger partial charge in [-0.25, -0.2) is 8.42 Å². The predicted molar refractivity (Wildman–Crippen MR) is 99.1 cm³/mol. The number of sulfone groups is 1. The number of carbonyl (C=O) groups excluding carboxylic acids is 1. The standard InChI is InChI=1S/C19H22N2O3S/c1-14-6-7-16(15-8-10-20-11-9-15)12-18(14)21-19(22)13-25(23,24)17-4-2-3-5-17/h6-12,17H,2-5,13H2,1H3,(H,21,22). The van der Waals surface area contributed by atoms with E-state index < -0.39 is 21.5 Å². The second kappa shape index (κ2) is 7.35. The molecule has 1 aliphatic rings. The number of amides is 1. The van der Waals surface area contributed by atoms with Gasteiger partial charge in [-0.3, -0.25) is 9.78 Å². The maximum atomic E-state index is 12.3. The first-order valence-electron chi connectivity index (χ1n) is 8.48. The van der Waals surface area contributed by atoms with Gasteiger partial charge in [-0.05, 0) is 54.7 Å². The molecule has 1 aromatic carbocycles. The third kappa shape index (κ3) is 4.25. The number of aromatic nitrogens is 1. The summed E-state index contributed by atoms with van der Waals surface area (Å²) in [5, 5.41) is 2.41. The smallest absolute Gasteiger partial charge is 0.239 e. The van der Waals surface area contributed by atoms with Crippen LogP contribution in [0.15, 0.2) is 42.7 Å². The van der Waals surface area contributed by atoms with Crippen molar-refractivity contribution in [3.63, 3.8) is 0 Å². The fourth-order valence-electron chi connectivity index (χ4n) is 3.21. The van der Waals surface area contributed by atoms with Crippen LogP contribution in [-0.2, 0) is 14.6 Å². The fraction of sp³-hybridized carbons (Fsp3) is 0.368. The lowest BCUT2D eigenvalue weighted by Gasteiger charge is -2.13. The minimum absolute atomic E-state index is 0.359. The molecule has 2 aromatic rings. The van der Waals surface area contributed by atoms with Crippen LogP contribution in [0.3, 0.4) is 0 Å². The van der Waals surface area contributed by atoms with Crippen molar-refractivity contribution in [1.29, 1.82) is 0 Å². The zero-order valence-corrected chi connectivity index (χ0v) is 15.1. The van der Waals surface area contributed by atoms with Crippen molar-refractivity contribution in [1.82, 2.24) is 4.98 Å². The highest BCUT2D eigenvalue weighted by Gasteiger charge is 2.30. The number of benzene rings is 1. The molecule has 0 spiro atoms. The monoisotopic (exact) mass is 358 g/mol. The number of carbonyl (C=O) groups is 1. The third-order valence-corrected chi connectivity index (χ3v) is 6.82. The average molecular weight is 358 g/mol. The van der Waals surface area contributed by atoms with Gasteiger partial charge in [0.1, 0.15) is 5.75 Å². The number of hydrogen-bond donors (Lipinski definition) is 1. The lowest BCUT2D eigenvalue weighted by atomic mass is 10.0. The van der Waals surface area contributed by atoms with E-state index in [0.29, 0.717) is 18.5 Å². The average Bonchev–Trinajstić information content (AvgIpc) is 3.13. The second-order valence-corrected chi connectivity index (χ2v) is 8.81. The Labute approximate surface area is 148 Å². The van der Waals surface area contributed by atoms with Gasteiger partial charge in [-0.2, -0.15) is 0 Å². The summed E-state index contributed by atoms with van der Waals surface area (Å²) in [7, 11) is -3.37. The van der Waals surface area contributed by atoms with Gasteiger partial charge in [0.25, 0.3) is 0 Å². The summed E-state index contributed by atoms with van der Waals surface area (Å²) in [6.45, 7) is 1.89. The van der Waals surface area contributed by atoms with Crippen LogP contribution in [0.1, 0.15) is 31.2 Å². The molecule has 0 aliphatic heterocycles. The largest absolute Gasteiger partial charge is 0.325 e. The summed E-state index contributed by atoms with van der Waals surface area (Å²) in [4.78, 5) is 16.3. The van der Waals surface area contributed by atoms with Crippen molar-refractivity contribution in [2.75, 3.05) is 11.1 Å². The van der Waals surface area contributed by atoms with E-state index in [1.54, 1.807) is 12.4 Å². The molecule has 132 valence electrons. The van der Waals surface area contributed by atoms with Gasteiger partial charge in [0.05, 0.1) is 5.25 Å². The number of rotatable bonds is 5. The molecule has 3 rings (SSSR count). The van der Waals surface area contributed by atoms with E-state index in [4.69, 9.17) is 0 Å². The second-order valence-electron chi connectivity index (χ2n) is 6.53. The molecule has 1 saturated carbocycles. The van der Waals surface area contributed by atoms with Crippen molar-refractivity contribution in [3.05, 3.63) is 48.3 Å². The number of pyridine rings is 1. The quantitative estimate of drug-likeness (QED) is 0.889. The normalized spacial score (nSPS) is 15.2. The Hall–Kier alpha value is -2.21. The van der Waals surface area contributed by atoms with Crippen LogP contribution in [0.5, 0.6) is 0 Å². The highest BCUT2D eigenvalue weighted by Crippen LogP contribution is 2.27. The summed E-state index contributed by atoms with van der Waals surface area (Å²) >= 11 is 0. The van der Waals surface area contributed by atoms with Crippen LogP contribution >= 0.6 is 0 Å². The molecule has 25 heavy (non-hydrogen) atoms. The van der Waals surface area contributed by atoms with Gasteiger partial charge in [-0.15, -0.1) is 0 Å². The number of nitrogens with zero attached hydrogens (tertiary/aromatic N) is 1. The molecule has 0 saturated heterocycles. The minimum Gasteiger partial charge on any atom is -0.325 e. The zero-order valence-electron chi connectivity index (χ0n) is 14.2. The van der Waals surface area contributed by atoms with Crippen LogP contribution < -0.4 is 5.32 Å². The SMILES string of the molecule is Cc1ccc(-c2ccncc2)cc1NC(=O)CS(=O)(=O)C1CCCC1. The van der Waals surface area contributed by atoms with Gasteiger partial charge in [0.2, 0.25) is 5.91 Å². The molecule has 1 heterocycles. The van der Waals surface area contributed by atoms with Gasteiger partial charge in [0, 0.05) is 18.1 Å². The van der Waals surface area contributed by atoms with Crippen molar-refractivity contribution < 1.29 is 13.2 Å². The maximum absolute atomic E-state index is 12.3. The topological polar surface area (TPSA) is 76.1 Å². The van der Waals surface area contributed by atoms with Crippen molar-refractivity contribution in [3.8, 4) is 11.1 Å². The first-order valence-corrected chi connectivity index (χ1v) is 10.2. The van der Waals surface area contributed by atoms with Crippen LogP contribution in [0, 0.1) is 6.92 Å². The summed E-state index contributed by atoms with van der Waals surface area (Å²) in [5.74, 6) is -0.918. The highest BCUT2D eigenvalue weighted by molar-refractivity contribution is 7.92. The van der Waals surface area contributed by atoms with Gasteiger partial charge in [-0.1, -0.05) is 25.0 Å². The van der Waals surface area contributed by atoms with Crippen molar-refractivity contribution in [2.24, 2.45) is 0 Å². The summed E-state index contributed by atoms with van der Waals surface area (Å²) in [5.41, 5.74) is 3.47. The summed E-state index contributed by atoms with van der Waals surface area (Å²) < 4.78 is 24.7. The third-order valence-electron chi connectivity index (χ3n) is 4.67. The first kappa shape index (κ1) is 17.6. The molecule has 0 unspecified atom stereocenters. The Morgan fingerprint density at radius 1 is 1.12 bits per heavy atom. The van der Waals surface area contributed by atoms with E-state index in [-0.39, 0.29) is 5.25 Å². The zero-order chi connectivity index (χ0) is 17.9. The summed E-state index contributed by atoms with van der Waals surface area (Å²) in [6, 6.07) is 9.53. The lowest BCUT2D eigenvalue weighted by molar-refractivity contribution is -0.113. The van der Waals surface area contributed by atoms with E-state index in [1.165, 1.54) is 0 Å². The number of hydrogen-bond acceptors (Lipinski definition) is 4. The van der Waals surface area contributed by atoms with E-state index in [2.05, 4.69) is 10.3 Å². The molecular weight excluding hydrogens is 336 g/mol. The Morgan fingerprint density at radius 2 is 1.80 bits per heavy atom. The van der Waals surface area contributed by atoms with E-state index in [1.807, 2.05) is 37.3 Å². The molecule has 1 aromatic heterocycles. The molecule has 1 N–H and O–H groups in total. The lowest BCUT2D eigenvalue weighted by Crippen LogP contribution is -2.29. The molecule has 0 radical (unpaired) electrons. The number of nitrogens with one attached hydrogen (secondary N) is 1. The van der Waals surface area contributed by atoms with Crippen molar-refractivity contribution >= 4 is 21.4 Å². The van der Waals surface area contributed by atoms with Crippen LogP contribution in [0.25, 0.3) is 11.1 Å². The van der Waals surface area contributed by atoms with Crippen LogP contribution in [0.4, 0.5) is 5.69 Å². The molecular formula is C19H22N2O3S. The first-order chi connectivity index (χ1) is 12.0. The molecule has 6 heteroatoms. The molecule has 1 amide bonds. The fourth-order valence-corrected chi connectivity index (χ4v) is 4.94. The highest BCUT2D eigenvalue weighted by atomic mass is 32.2. The Bertz CT molecular complexity index is 857. The van der Waals surface area contributed by atoms with E-state index in [9.17, 15) is 13.2 Å². The Balaban J connectivity index is 1.75. The summed E-state index contributed by atoms with van der Waals surface area (Å²) in [6.07, 6.45) is 6.62. The van der Waals surface area contributed by atoms with Gasteiger partial charge in [0.15, 0.2) is 9.84 Å². The van der Waals surface area contributed by atoms with Crippen LogP contribution in [-0.4, -0.2) is 30.3 Å². The van der Waals surface area contributed by atoms with E-state index >= 15 is 0 Å². The molecule has 5 nitrogen and oxygen atoms in total. The van der Waals surface area contributed by atoms with Crippen molar-refractivity contribution in [2.45, 2.75) is 37.9 Å². The van der Waals surface area contributed by atoms with E-state index in [0.717, 1.165) is 29.5 Å². The Kier molecular flexibility index (Phi) is 5.18. The molecule has 1 aliphatic carbocycles. The maximum Gasteiger partial charge on any atom is 0.239 e. The minimum atomic E-state index is -3.37. The van der Waals surface area contributed by atoms with Gasteiger partial charge >= 0.3 is 0 Å². The van der Waals surface area contributed by atoms with Gasteiger partial charge < -0.3 is 5.32 Å². The molecule has 1 fully saturated rings. The molecule has 0 bridgehead atoms. The number of anilines is 1. The van der Waals surface area contributed by atoms with Crippen LogP contribution in [0.2, 0.25) is 0 Å². The predicted octanol–water partition coefficient (Wildman–Crippen LogP) is 3.35. The Morgan fingerprint density at radius 3 is 2.48 bits per heavy atom. The molecule has 0 atom stereocenters.